The Morgan fingerprint density at radius 1 is 0.977 bits per heavy atom. The van der Waals surface area contributed by atoms with Gasteiger partial charge in [0.1, 0.15) is 11.6 Å². The summed E-state index contributed by atoms with van der Waals surface area (Å²) >= 11 is 0. The fourth-order valence-electron chi connectivity index (χ4n) is 4.80. The second-order valence-corrected chi connectivity index (χ2v) is 10.3. The number of halogens is 1. The maximum absolute atomic E-state index is 15.3. The Morgan fingerprint density at radius 2 is 1.70 bits per heavy atom. The first kappa shape index (κ1) is 30.1. The van der Waals surface area contributed by atoms with Gasteiger partial charge in [0.05, 0.1) is 24.4 Å². The molecule has 44 heavy (non-hydrogen) atoms. The topological polar surface area (TPSA) is 136 Å². The smallest absolute Gasteiger partial charge is 0.323 e. The largest absolute Gasteiger partial charge is 0.393 e. The van der Waals surface area contributed by atoms with E-state index in [2.05, 4.69) is 20.9 Å². The average Bonchev–Trinajstić information content (AvgIpc) is 3.04. The fourth-order valence-corrected chi connectivity index (χ4v) is 4.80. The summed E-state index contributed by atoms with van der Waals surface area (Å²) in [6.07, 6.45) is 3.00. The van der Waals surface area contributed by atoms with Crippen LogP contribution in [0.25, 0.3) is 27.9 Å². The molecule has 4 aromatic rings. The number of morpholine rings is 1. The highest BCUT2D eigenvalue weighted by molar-refractivity contribution is 6.09. The van der Waals surface area contributed by atoms with Crippen LogP contribution < -0.4 is 20.9 Å². The predicted molar refractivity (Wildman–Crippen MR) is 171 cm³/mol. The van der Waals surface area contributed by atoms with Crippen molar-refractivity contribution in [2.75, 3.05) is 63.0 Å². The normalized spacial score (nSPS) is 13.4. The molecule has 1 fully saturated rings. The van der Waals surface area contributed by atoms with E-state index in [1.54, 1.807) is 57.7 Å². The Balaban J connectivity index is 1.41. The summed E-state index contributed by atoms with van der Waals surface area (Å²) in [5, 5.41) is 16.8. The minimum atomic E-state index is -0.655. The van der Waals surface area contributed by atoms with Gasteiger partial charge in [0, 0.05) is 74.4 Å². The van der Waals surface area contributed by atoms with Crippen LogP contribution in [0.1, 0.15) is 15.9 Å². The maximum Gasteiger partial charge on any atom is 0.323 e. The molecule has 0 aliphatic carbocycles. The molecule has 0 radical (unpaired) electrons. The summed E-state index contributed by atoms with van der Waals surface area (Å²) in [7, 11) is 5.09. The SMILES string of the molecule is CN/C=C(\C=N)c1ccc2c(N3CCOCC3)nc(-c3ccc(NC(=O)Nc4ccc(C(=O)N(C)C)cc4)c(F)c3)nc2c1. The monoisotopic (exact) mass is 596 g/mol. The van der Waals surface area contributed by atoms with Crippen molar-refractivity contribution in [2.24, 2.45) is 0 Å². The number of carbonyl (C=O) groups is 2. The van der Waals surface area contributed by atoms with E-state index >= 15 is 4.39 Å². The molecule has 4 N–H and O–H groups in total. The molecule has 0 unspecified atom stereocenters. The molecule has 0 saturated carbocycles. The highest BCUT2D eigenvalue weighted by Gasteiger charge is 2.20. The minimum Gasteiger partial charge on any atom is -0.393 e. The number of rotatable bonds is 8. The summed E-state index contributed by atoms with van der Waals surface area (Å²) in [6, 6.07) is 15.9. The molecule has 11 nitrogen and oxygen atoms in total. The summed E-state index contributed by atoms with van der Waals surface area (Å²) in [4.78, 5) is 37.9. The maximum atomic E-state index is 15.3. The third kappa shape index (κ3) is 6.65. The Hall–Kier alpha value is -5.36. The van der Waals surface area contributed by atoms with Gasteiger partial charge >= 0.3 is 6.03 Å². The zero-order valence-electron chi connectivity index (χ0n) is 24.6. The van der Waals surface area contributed by atoms with Crippen LogP contribution in [-0.4, -0.2) is 80.5 Å². The van der Waals surface area contributed by atoms with Gasteiger partial charge in [0.2, 0.25) is 0 Å². The zero-order valence-corrected chi connectivity index (χ0v) is 24.6. The van der Waals surface area contributed by atoms with Crippen LogP contribution in [0.3, 0.4) is 0 Å². The van der Waals surface area contributed by atoms with Crippen molar-refractivity contribution in [1.29, 1.82) is 5.41 Å². The van der Waals surface area contributed by atoms with Gasteiger partial charge in [-0.1, -0.05) is 6.07 Å². The number of fused-ring (bicyclic) bond motifs is 1. The van der Waals surface area contributed by atoms with Gasteiger partial charge in [0.15, 0.2) is 5.82 Å². The predicted octanol–water partition coefficient (Wildman–Crippen LogP) is 4.83. The van der Waals surface area contributed by atoms with Crippen molar-refractivity contribution in [1.82, 2.24) is 20.2 Å². The van der Waals surface area contributed by atoms with Gasteiger partial charge in [0.25, 0.3) is 5.91 Å². The summed E-state index contributed by atoms with van der Waals surface area (Å²) in [6.45, 7) is 2.44. The van der Waals surface area contributed by atoms with Crippen molar-refractivity contribution in [2.45, 2.75) is 0 Å². The van der Waals surface area contributed by atoms with E-state index in [0.717, 1.165) is 10.9 Å². The number of amides is 3. The Labute approximate surface area is 254 Å². The zero-order chi connectivity index (χ0) is 31.2. The van der Waals surface area contributed by atoms with Crippen molar-refractivity contribution in [3.8, 4) is 11.4 Å². The molecule has 12 heteroatoms. The van der Waals surface area contributed by atoms with Gasteiger partial charge in [-0.25, -0.2) is 19.2 Å². The van der Waals surface area contributed by atoms with Crippen LogP contribution in [0.5, 0.6) is 0 Å². The molecule has 226 valence electrons. The second-order valence-electron chi connectivity index (χ2n) is 10.3. The van der Waals surface area contributed by atoms with Gasteiger partial charge in [-0.3, -0.25) is 4.79 Å². The lowest BCUT2D eigenvalue weighted by Crippen LogP contribution is -2.37. The highest BCUT2D eigenvalue weighted by Crippen LogP contribution is 2.31. The lowest BCUT2D eigenvalue weighted by Gasteiger charge is -2.29. The molecule has 3 aromatic carbocycles. The number of allylic oxidation sites excluding steroid dienone is 1. The average molecular weight is 597 g/mol. The molecule has 0 spiro atoms. The number of nitrogens with zero attached hydrogens (tertiary/aromatic N) is 4. The van der Waals surface area contributed by atoms with Gasteiger partial charge < -0.3 is 35.9 Å². The van der Waals surface area contributed by atoms with Gasteiger partial charge in [-0.05, 0) is 60.2 Å². The first-order valence-electron chi connectivity index (χ1n) is 14.0. The molecule has 0 bridgehead atoms. The summed E-state index contributed by atoms with van der Waals surface area (Å²) in [5.74, 6) is 0.234. The molecule has 1 saturated heterocycles. The molecule has 3 amide bonds. The van der Waals surface area contributed by atoms with E-state index in [0.29, 0.717) is 65.8 Å². The molecule has 1 aromatic heterocycles. The number of anilines is 3. The number of hydrogen-bond acceptors (Lipinski definition) is 8. The molecule has 0 atom stereocenters. The molecule has 5 rings (SSSR count). The lowest BCUT2D eigenvalue weighted by atomic mass is 10.0. The van der Waals surface area contributed by atoms with Crippen LogP contribution in [-0.2, 0) is 4.74 Å². The van der Waals surface area contributed by atoms with Gasteiger partial charge in [-0.2, -0.15) is 0 Å². The van der Waals surface area contributed by atoms with Crippen molar-refractivity contribution >= 4 is 51.8 Å². The fraction of sp³-hybridized carbons (Fsp3) is 0.219. The number of carbonyl (C=O) groups excluding carboxylic acids is 2. The van der Waals surface area contributed by atoms with E-state index in [4.69, 9.17) is 20.1 Å². The van der Waals surface area contributed by atoms with Crippen LogP contribution in [0, 0.1) is 11.2 Å². The number of hydrogen-bond donors (Lipinski definition) is 4. The summed E-state index contributed by atoms with van der Waals surface area (Å²) in [5.41, 5.74) is 3.49. The number of aromatic nitrogens is 2. The highest BCUT2D eigenvalue weighted by atomic mass is 19.1. The van der Waals surface area contributed by atoms with Crippen molar-refractivity contribution < 1.29 is 18.7 Å². The molecule has 1 aliphatic heterocycles. The number of urea groups is 1. The van der Waals surface area contributed by atoms with Crippen LogP contribution in [0.2, 0.25) is 0 Å². The second kappa shape index (κ2) is 13.3. The Bertz CT molecular complexity index is 1730. The number of ether oxygens (including phenoxy) is 1. The van der Waals surface area contributed by atoms with E-state index in [1.807, 2.05) is 18.2 Å². The van der Waals surface area contributed by atoms with Crippen LogP contribution in [0.4, 0.5) is 26.4 Å². The molecule has 2 heterocycles. The van der Waals surface area contributed by atoms with E-state index in [1.165, 1.54) is 23.2 Å². The molecular weight excluding hydrogens is 563 g/mol. The first-order chi connectivity index (χ1) is 21.3. The van der Waals surface area contributed by atoms with E-state index in [-0.39, 0.29) is 11.6 Å². The third-order valence-electron chi connectivity index (χ3n) is 7.05. The Morgan fingerprint density at radius 3 is 2.36 bits per heavy atom. The van der Waals surface area contributed by atoms with E-state index < -0.39 is 11.8 Å². The lowest BCUT2D eigenvalue weighted by molar-refractivity contribution is 0.0827. The van der Waals surface area contributed by atoms with Crippen molar-refractivity contribution in [3.05, 3.63) is 83.8 Å². The van der Waals surface area contributed by atoms with Crippen molar-refractivity contribution in [3.63, 3.8) is 0 Å². The molecular formula is C32H33FN8O3. The summed E-state index contributed by atoms with van der Waals surface area (Å²) < 4.78 is 20.8. The standard InChI is InChI=1S/C32H33FN8O3/c1-35-19-23(18-34)21-6-10-25-28(17-21)37-29(39-30(25)41-12-14-44-15-13-41)22-7-11-27(26(33)16-22)38-32(43)36-24-8-4-20(5-9-24)31(42)40(2)3/h4-11,16-19,34-35H,12-15H2,1-3H3,(H2,36,38,43)/b23-19+,34-18?. The Kier molecular flexibility index (Phi) is 9.10. The number of nitrogens with one attached hydrogen (secondary N) is 4. The third-order valence-corrected chi connectivity index (χ3v) is 7.05. The molecule has 1 aliphatic rings. The van der Waals surface area contributed by atoms with Gasteiger partial charge in [-0.15, -0.1) is 0 Å². The first-order valence-corrected chi connectivity index (χ1v) is 14.0. The number of benzene rings is 3. The quantitative estimate of drug-likeness (QED) is 0.214. The minimum absolute atomic E-state index is 0.0186. The van der Waals surface area contributed by atoms with E-state index in [9.17, 15) is 9.59 Å². The van der Waals surface area contributed by atoms with Crippen LogP contribution >= 0.6 is 0 Å². The van der Waals surface area contributed by atoms with Crippen LogP contribution in [0.15, 0.2) is 66.9 Å².